The highest BCUT2D eigenvalue weighted by Crippen LogP contribution is 2.26. The Morgan fingerprint density at radius 3 is 2.96 bits per heavy atom. The summed E-state index contributed by atoms with van der Waals surface area (Å²) in [6.45, 7) is 1.13. The van der Waals surface area contributed by atoms with E-state index in [1.807, 2.05) is 10.6 Å². The Bertz CT molecular complexity index is 878. The summed E-state index contributed by atoms with van der Waals surface area (Å²) in [5.74, 6) is 0. The Labute approximate surface area is 160 Å². The molecule has 2 aliphatic rings. The van der Waals surface area contributed by atoms with Gasteiger partial charge in [-0.25, -0.2) is 14.3 Å². The van der Waals surface area contributed by atoms with E-state index < -0.39 is 0 Å². The first-order valence-corrected chi connectivity index (χ1v) is 10.1. The number of aromatic nitrogens is 3. The van der Waals surface area contributed by atoms with E-state index in [9.17, 15) is 4.79 Å². The van der Waals surface area contributed by atoms with Crippen molar-refractivity contribution < 1.29 is 9.47 Å². The van der Waals surface area contributed by atoms with Crippen LogP contribution in [0.3, 0.4) is 0 Å². The van der Waals surface area contributed by atoms with Gasteiger partial charge in [0.25, 0.3) is 0 Å². The number of imidazole rings is 1. The van der Waals surface area contributed by atoms with E-state index >= 15 is 0 Å². The summed E-state index contributed by atoms with van der Waals surface area (Å²) in [5.41, 5.74) is 2.64. The molecule has 0 bridgehead atoms. The van der Waals surface area contributed by atoms with Gasteiger partial charge >= 0.3 is 5.69 Å². The van der Waals surface area contributed by atoms with Crippen LogP contribution in [0.4, 0.5) is 0 Å². The van der Waals surface area contributed by atoms with E-state index in [1.54, 1.807) is 17.9 Å². The highest BCUT2D eigenvalue weighted by molar-refractivity contribution is 9.10. The van der Waals surface area contributed by atoms with Gasteiger partial charge in [-0.3, -0.25) is 4.57 Å². The molecule has 3 heterocycles. The molecule has 0 saturated carbocycles. The van der Waals surface area contributed by atoms with Crippen LogP contribution in [0.5, 0.6) is 0 Å². The number of allylic oxidation sites excluding steroid dienone is 2. The highest BCUT2D eigenvalue weighted by Gasteiger charge is 2.25. The topological polar surface area (TPSA) is 58.3 Å². The number of nitrogens with zero attached hydrogens (tertiary/aromatic N) is 3. The molecule has 4 rings (SSSR count). The summed E-state index contributed by atoms with van der Waals surface area (Å²) >= 11 is 3.49. The van der Waals surface area contributed by atoms with Crippen molar-refractivity contribution in [1.29, 1.82) is 0 Å². The minimum Gasteiger partial charge on any atom is -0.379 e. The molecular formula is C19H24BrN3O3. The molecule has 0 amide bonds. The summed E-state index contributed by atoms with van der Waals surface area (Å²) in [5, 5.41) is 0. The third-order valence-electron chi connectivity index (χ3n) is 5.34. The lowest BCUT2D eigenvalue weighted by atomic mass is 10.0. The second-order valence-electron chi connectivity index (χ2n) is 7.06. The van der Waals surface area contributed by atoms with Crippen LogP contribution in [0.1, 0.15) is 38.5 Å². The third-order valence-corrected chi connectivity index (χ3v) is 5.77. The van der Waals surface area contributed by atoms with Crippen LogP contribution >= 0.6 is 15.9 Å². The van der Waals surface area contributed by atoms with E-state index in [-0.39, 0.29) is 17.9 Å². The van der Waals surface area contributed by atoms with Gasteiger partial charge in [0.15, 0.2) is 5.65 Å². The van der Waals surface area contributed by atoms with Gasteiger partial charge in [-0.05, 0) is 60.5 Å². The highest BCUT2D eigenvalue weighted by atomic mass is 79.9. The van der Waals surface area contributed by atoms with Crippen LogP contribution in [0.15, 0.2) is 27.6 Å². The molecule has 6 nitrogen and oxygen atoms in total. The molecule has 2 aromatic rings. The molecule has 7 heteroatoms. The predicted octanol–water partition coefficient (Wildman–Crippen LogP) is 3.57. The standard InChI is InChI=1S/C19H24BrN3O3/c1-25-16-8-7-15(26-12-16)11-22-17-9-13(20)10-21-18(17)23(19(22)24)14-5-3-2-4-6-14/h5,9-10,15-16H,2-4,6-8,11-12H2,1H3/t15-,16-/m1/s1. The maximum Gasteiger partial charge on any atom is 0.334 e. The van der Waals surface area contributed by atoms with Crippen LogP contribution in [0.25, 0.3) is 16.9 Å². The Morgan fingerprint density at radius 2 is 2.27 bits per heavy atom. The SMILES string of the molecule is CO[C@@H]1CC[C@H](Cn2c(=O)n(C3=CCCCC3)c3ncc(Br)cc32)OC1. The normalized spacial score (nSPS) is 24.0. The lowest BCUT2D eigenvalue weighted by molar-refractivity contribution is -0.0757. The van der Waals surface area contributed by atoms with Gasteiger partial charge in [-0.1, -0.05) is 6.08 Å². The Morgan fingerprint density at radius 1 is 1.38 bits per heavy atom. The summed E-state index contributed by atoms with van der Waals surface area (Å²) in [4.78, 5) is 17.8. The fraction of sp³-hybridized carbons (Fsp3) is 0.579. The zero-order valence-electron chi connectivity index (χ0n) is 15.0. The summed E-state index contributed by atoms with van der Waals surface area (Å²) < 4.78 is 15.8. The molecule has 0 unspecified atom stereocenters. The first-order valence-electron chi connectivity index (χ1n) is 9.28. The molecule has 1 aliphatic heterocycles. The monoisotopic (exact) mass is 421 g/mol. The molecule has 26 heavy (non-hydrogen) atoms. The lowest BCUT2D eigenvalue weighted by Gasteiger charge is -2.28. The average molecular weight is 422 g/mol. The molecule has 0 radical (unpaired) electrons. The van der Waals surface area contributed by atoms with Crippen LogP contribution in [0, 0.1) is 0 Å². The summed E-state index contributed by atoms with van der Waals surface area (Å²) in [7, 11) is 1.72. The van der Waals surface area contributed by atoms with Crippen molar-refractivity contribution in [2.45, 2.75) is 57.3 Å². The number of pyridine rings is 1. The molecule has 2 atom stereocenters. The first-order chi connectivity index (χ1) is 12.7. The second kappa shape index (κ2) is 7.66. The fourth-order valence-corrected chi connectivity index (χ4v) is 4.20. The third kappa shape index (κ3) is 3.40. The van der Waals surface area contributed by atoms with Gasteiger partial charge in [-0.15, -0.1) is 0 Å². The molecule has 2 aromatic heterocycles. The number of ether oxygens (including phenoxy) is 2. The lowest BCUT2D eigenvalue weighted by Crippen LogP contribution is -2.36. The number of hydrogen-bond acceptors (Lipinski definition) is 4. The van der Waals surface area contributed by atoms with Gasteiger partial charge < -0.3 is 9.47 Å². The van der Waals surface area contributed by atoms with Gasteiger partial charge in [0.2, 0.25) is 0 Å². The zero-order chi connectivity index (χ0) is 18.1. The van der Waals surface area contributed by atoms with E-state index in [1.165, 1.54) is 6.42 Å². The van der Waals surface area contributed by atoms with Crippen LogP contribution < -0.4 is 5.69 Å². The number of rotatable bonds is 4. The van der Waals surface area contributed by atoms with Gasteiger partial charge in [0.05, 0.1) is 30.9 Å². The molecule has 1 aliphatic carbocycles. The Kier molecular flexibility index (Phi) is 5.29. The number of fused-ring (bicyclic) bond motifs is 1. The van der Waals surface area contributed by atoms with Crippen molar-refractivity contribution in [3.63, 3.8) is 0 Å². The van der Waals surface area contributed by atoms with Crippen LogP contribution in [-0.4, -0.2) is 40.0 Å². The largest absolute Gasteiger partial charge is 0.379 e. The molecule has 0 aromatic carbocycles. The molecule has 1 fully saturated rings. The van der Waals surface area contributed by atoms with Gasteiger partial charge in [0, 0.05) is 23.5 Å². The van der Waals surface area contributed by atoms with E-state index in [0.29, 0.717) is 13.2 Å². The van der Waals surface area contributed by atoms with Gasteiger partial charge in [-0.2, -0.15) is 0 Å². The molecule has 1 saturated heterocycles. The number of hydrogen-bond donors (Lipinski definition) is 0. The molecule has 0 N–H and O–H groups in total. The minimum atomic E-state index is -0.0174. The summed E-state index contributed by atoms with van der Waals surface area (Å²) in [6.07, 6.45) is 10.2. The van der Waals surface area contributed by atoms with Crippen molar-refractivity contribution in [3.8, 4) is 0 Å². The number of halogens is 1. The van der Waals surface area contributed by atoms with Gasteiger partial charge in [0.1, 0.15) is 0 Å². The van der Waals surface area contributed by atoms with Crippen molar-refractivity contribution in [1.82, 2.24) is 14.1 Å². The maximum absolute atomic E-state index is 13.2. The zero-order valence-corrected chi connectivity index (χ0v) is 16.6. The maximum atomic E-state index is 13.2. The van der Waals surface area contributed by atoms with Crippen LogP contribution in [0.2, 0.25) is 0 Å². The summed E-state index contributed by atoms with van der Waals surface area (Å²) in [6, 6.07) is 1.98. The van der Waals surface area contributed by atoms with E-state index in [2.05, 4.69) is 27.0 Å². The van der Waals surface area contributed by atoms with Crippen molar-refractivity contribution in [2.24, 2.45) is 0 Å². The van der Waals surface area contributed by atoms with Crippen LogP contribution in [-0.2, 0) is 16.0 Å². The smallest absolute Gasteiger partial charge is 0.334 e. The second-order valence-corrected chi connectivity index (χ2v) is 7.97. The minimum absolute atomic E-state index is 0.0174. The number of methoxy groups -OCH3 is 1. The average Bonchev–Trinajstić information content (AvgIpc) is 2.94. The fourth-order valence-electron chi connectivity index (χ4n) is 3.88. The Balaban J connectivity index is 1.72. The van der Waals surface area contributed by atoms with E-state index in [4.69, 9.17) is 9.47 Å². The first kappa shape index (κ1) is 17.9. The van der Waals surface area contributed by atoms with Crippen molar-refractivity contribution in [2.75, 3.05) is 13.7 Å². The molecule has 140 valence electrons. The van der Waals surface area contributed by atoms with Crippen molar-refractivity contribution >= 4 is 32.8 Å². The quantitative estimate of drug-likeness (QED) is 0.756. The molecule has 0 spiro atoms. The predicted molar refractivity (Wildman–Crippen MR) is 104 cm³/mol. The Hall–Kier alpha value is -1.44. The van der Waals surface area contributed by atoms with Crippen molar-refractivity contribution in [3.05, 3.63) is 33.3 Å². The molecular weight excluding hydrogens is 398 g/mol. The van der Waals surface area contributed by atoms with E-state index in [0.717, 1.165) is 53.4 Å².